The van der Waals surface area contributed by atoms with Gasteiger partial charge in [-0.3, -0.25) is 9.59 Å². The number of amides is 1. The van der Waals surface area contributed by atoms with Gasteiger partial charge in [0.05, 0.1) is 17.4 Å². The Hall–Kier alpha value is -3.92. The highest BCUT2D eigenvalue weighted by atomic mass is 19.1. The average Bonchev–Trinajstić information content (AvgIpc) is 2.84. The molecule has 194 valence electrons. The predicted molar refractivity (Wildman–Crippen MR) is 142 cm³/mol. The lowest BCUT2D eigenvalue weighted by molar-refractivity contribution is -0.118. The smallest absolute Gasteiger partial charge is 0.287 e. The van der Waals surface area contributed by atoms with Crippen molar-refractivity contribution in [2.75, 3.05) is 17.2 Å². The maximum atomic E-state index is 14.7. The average molecular weight is 506 g/mol. The molecule has 0 radical (unpaired) electrons. The van der Waals surface area contributed by atoms with Crippen LogP contribution >= 0.6 is 0 Å². The number of nitrogens with zero attached hydrogens (tertiary/aromatic N) is 3. The van der Waals surface area contributed by atoms with Gasteiger partial charge in [0.1, 0.15) is 23.6 Å². The molecule has 0 aliphatic carbocycles. The number of aromatic nitrogens is 4. The van der Waals surface area contributed by atoms with Crippen LogP contribution in [0.4, 0.5) is 21.6 Å². The summed E-state index contributed by atoms with van der Waals surface area (Å²) in [4.78, 5) is 33.3. The van der Waals surface area contributed by atoms with Crippen molar-refractivity contribution in [1.29, 1.82) is 0 Å². The van der Waals surface area contributed by atoms with E-state index in [1.165, 1.54) is 36.2 Å². The molecule has 0 fully saturated rings. The van der Waals surface area contributed by atoms with Crippen molar-refractivity contribution >= 4 is 23.1 Å². The van der Waals surface area contributed by atoms with E-state index in [4.69, 9.17) is 0 Å². The van der Waals surface area contributed by atoms with Gasteiger partial charge in [-0.1, -0.05) is 32.4 Å². The molecule has 4 N–H and O–H groups in total. The third-order valence-electron chi connectivity index (χ3n) is 6.49. The third-order valence-corrected chi connectivity index (χ3v) is 6.49. The maximum absolute atomic E-state index is 14.7. The molecular weight excluding hydrogens is 473 g/mol. The van der Waals surface area contributed by atoms with Gasteiger partial charge in [0.15, 0.2) is 0 Å². The zero-order valence-corrected chi connectivity index (χ0v) is 21.4. The summed E-state index contributed by atoms with van der Waals surface area (Å²) in [7, 11) is 0. The molecule has 9 nitrogen and oxygen atoms in total. The summed E-state index contributed by atoms with van der Waals surface area (Å²) in [6, 6.07) is 7.02. The Balaban J connectivity index is 1.53. The zero-order valence-electron chi connectivity index (χ0n) is 21.4. The normalized spacial score (nSPS) is 18.4. The monoisotopic (exact) mass is 505 g/mol. The second kappa shape index (κ2) is 11.0. The Labute approximate surface area is 215 Å². The van der Waals surface area contributed by atoms with Crippen molar-refractivity contribution in [3.05, 3.63) is 70.7 Å². The molecule has 3 heterocycles. The summed E-state index contributed by atoms with van der Waals surface area (Å²) in [6.07, 6.45) is 6.59. The number of rotatable bonds is 5. The van der Waals surface area contributed by atoms with Crippen molar-refractivity contribution in [3.63, 3.8) is 0 Å². The number of hydrogen-bond donors (Lipinski definition) is 4. The lowest BCUT2D eigenvalue weighted by Crippen LogP contribution is -2.45. The summed E-state index contributed by atoms with van der Waals surface area (Å²) in [5.41, 5.74) is 2.05. The fourth-order valence-corrected chi connectivity index (χ4v) is 4.16. The van der Waals surface area contributed by atoms with Crippen molar-refractivity contribution in [2.24, 2.45) is 11.3 Å². The van der Waals surface area contributed by atoms with Gasteiger partial charge in [-0.15, -0.1) is 0 Å². The second-order valence-corrected chi connectivity index (χ2v) is 10.4. The van der Waals surface area contributed by atoms with Crippen LogP contribution in [0.25, 0.3) is 11.3 Å². The number of halogens is 1. The minimum atomic E-state index is -0.560. The van der Waals surface area contributed by atoms with E-state index in [0.29, 0.717) is 30.0 Å². The van der Waals surface area contributed by atoms with Crippen LogP contribution in [-0.4, -0.2) is 38.7 Å². The SMILES string of the molecule is CC1=CC(C(C)(C)C)CNC(C(=O)Nc2cc(-c3cc(Nc4ccncn4)c(=O)[nH]n3)ccc2F)CC1. The number of nitrogens with one attached hydrogen (secondary N) is 4. The number of hydrogen-bond acceptors (Lipinski definition) is 7. The van der Waals surface area contributed by atoms with Crippen LogP contribution in [0.1, 0.15) is 40.5 Å². The molecule has 0 bridgehead atoms. The molecule has 4 rings (SSSR count). The van der Waals surface area contributed by atoms with E-state index in [1.54, 1.807) is 12.3 Å². The number of carbonyl (C=O) groups excluding carboxylic acids is 1. The van der Waals surface area contributed by atoms with Crippen molar-refractivity contribution in [1.82, 2.24) is 25.5 Å². The van der Waals surface area contributed by atoms with Gasteiger partial charge in [0, 0.05) is 18.3 Å². The summed E-state index contributed by atoms with van der Waals surface area (Å²) in [6.45, 7) is 9.29. The first kappa shape index (κ1) is 26.2. The van der Waals surface area contributed by atoms with Crippen LogP contribution in [-0.2, 0) is 4.79 Å². The molecule has 0 saturated heterocycles. The van der Waals surface area contributed by atoms with Gasteiger partial charge >= 0.3 is 0 Å². The van der Waals surface area contributed by atoms with Crippen molar-refractivity contribution in [2.45, 2.75) is 46.6 Å². The van der Waals surface area contributed by atoms with Gasteiger partial charge in [-0.25, -0.2) is 19.5 Å². The summed E-state index contributed by atoms with van der Waals surface area (Å²) in [5, 5.41) is 15.6. The van der Waals surface area contributed by atoms with Crippen LogP contribution in [0.5, 0.6) is 0 Å². The highest BCUT2D eigenvalue weighted by molar-refractivity contribution is 5.95. The van der Waals surface area contributed by atoms with E-state index in [0.717, 1.165) is 6.42 Å². The number of benzene rings is 1. The van der Waals surface area contributed by atoms with E-state index < -0.39 is 17.4 Å². The predicted octanol–water partition coefficient (Wildman–Crippen LogP) is 4.41. The molecule has 1 amide bonds. The van der Waals surface area contributed by atoms with Gasteiger partial charge in [-0.2, -0.15) is 5.10 Å². The fraction of sp³-hybridized carbons (Fsp3) is 0.370. The first-order chi connectivity index (χ1) is 17.6. The summed E-state index contributed by atoms with van der Waals surface area (Å²) in [5.74, 6) is -0.135. The van der Waals surface area contributed by atoms with E-state index in [1.807, 2.05) is 0 Å². The van der Waals surface area contributed by atoms with Crippen LogP contribution in [0.2, 0.25) is 0 Å². The topological polar surface area (TPSA) is 125 Å². The van der Waals surface area contributed by atoms with Gasteiger partial charge in [0.25, 0.3) is 5.56 Å². The molecule has 1 aliphatic heterocycles. The number of H-pyrrole nitrogens is 1. The molecule has 1 aliphatic rings. The third kappa shape index (κ3) is 6.65. The fourth-order valence-electron chi connectivity index (χ4n) is 4.16. The summed E-state index contributed by atoms with van der Waals surface area (Å²) >= 11 is 0. The highest BCUT2D eigenvalue weighted by Crippen LogP contribution is 2.30. The van der Waals surface area contributed by atoms with Crippen LogP contribution in [0, 0.1) is 17.2 Å². The quantitative estimate of drug-likeness (QED) is 0.379. The standard InChI is InChI=1S/C27H32FN7O2/c1-16-5-8-20(30-14-18(11-16)27(2,3)4)25(36)33-22-12-17(6-7-19(22)28)21-13-23(26(37)35-34-21)32-24-9-10-29-15-31-24/h6-7,9-13,15,18,20,30H,5,8,14H2,1-4H3,(H,33,36)(H,35,37)(H,29,31,32,34). The number of carbonyl (C=O) groups is 1. The molecule has 1 aromatic carbocycles. The molecule has 37 heavy (non-hydrogen) atoms. The van der Waals surface area contributed by atoms with Gasteiger partial charge in [0.2, 0.25) is 5.91 Å². The molecule has 2 aromatic heterocycles. The Morgan fingerprint density at radius 2 is 1.97 bits per heavy atom. The van der Waals surface area contributed by atoms with Crippen LogP contribution in [0.15, 0.2) is 59.3 Å². The minimum absolute atomic E-state index is 0.0457. The highest BCUT2D eigenvalue weighted by Gasteiger charge is 2.28. The van der Waals surface area contributed by atoms with Gasteiger partial charge in [-0.05, 0) is 61.4 Å². The van der Waals surface area contributed by atoms with Gasteiger partial charge < -0.3 is 16.0 Å². The van der Waals surface area contributed by atoms with Crippen molar-refractivity contribution < 1.29 is 9.18 Å². The Morgan fingerprint density at radius 1 is 1.16 bits per heavy atom. The molecule has 3 aromatic rings. The molecule has 0 spiro atoms. The first-order valence-electron chi connectivity index (χ1n) is 12.2. The lowest BCUT2D eigenvalue weighted by Gasteiger charge is -2.32. The second-order valence-electron chi connectivity index (χ2n) is 10.4. The molecular formula is C27H32FN7O2. The minimum Gasteiger partial charge on any atom is -0.336 e. The number of anilines is 3. The van der Waals surface area contributed by atoms with Crippen LogP contribution < -0.4 is 21.5 Å². The lowest BCUT2D eigenvalue weighted by atomic mass is 9.78. The Kier molecular flexibility index (Phi) is 7.77. The van der Waals surface area contributed by atoms with Crippen molar-refractivity contribution in [3.8, 4) is 11.3 Å². The first-order valence-corrected chi connectivity index (χ1v) is 12.2. The van der Waals surface area contributed by atoms with Crippen LogP contribution in [0.3, 0.4) is 0 Å². The largest absolute Gasteiger partial charge is 0.336 e. The number of allylic oxidation sites excluding steroid dienone is 1. The Morgan fingerprint density at radius 3 is 2.70 bits per heavy atom. The molecule has 2 unspecified atom stereocenters. The molecule has 2 atom stereocenters. The summed E-state index contributed by atoms with van der Waals surface area (Å²) < 4.78 is 14.7. The zero-order chi connectivity index (χ0) is 26.6. The number of aromatic amines is 1. The van der Waals surface area contributed by atoms with E-state index in [-0.39, 0.29) is 28.6 Å². The Bertz CT molecular complexity index is 1350. The van der Waals surface area contributed by atoms with E-state index in [2.05, 4.69) is 69.9 Å². The molecule has 10 heteroatoms. The van der Waals surface area contributed by atoms with E-state index >= 15 is 0 Å². The maximum Gasteiger partial charge on any atom is 0.287 e. The molecule has 0 saturated carbocycles. The van der Waals surface area contributed by atoms with E-state index in [9.17, 15) is 14.0 Å².